The Kier molecular flexibility index (Phi) is 3.05. The second kappa shape index (κ2) is 3.87. The third-order valence-corrected chi connectivity index (χ3v) is 1.95. The highest BCUT2D eigenvalue weighted by Crippen LogP contribution is 2.08. The molecule has 0 bridgehead atoms. The van der Waals surface area contributed by atoms with Crippen molar-refractivity contribution in [3.8, 4) is 0 Å². The summed E-state index contributed by atoms with van der Waals surface area (Å²) in [6.45, 7) is 5.45. The van der Waals surface area contributed by atoms with Crippen LogP contribution in [-0.4, -0.2) is 35.3 Å². The van der Waals surface area contributed by atoms with E-state index in [4.69, 9.17) is 5.21 Å². The van der Waals surface area contributed by atoms with Crippen LogP contribution in [0.15, 0.2) is 0 Å². The summed E-state index contributed by atoms with van der Waals surface area (Å²) >= 11 is 0. The Morgan fingerprint density at radius 3 is 2.83 bits per heavy atom. The van der Waals surface area contributed by atoms with E-state index in [0.717, 1.165) is 11.6 Å². The highest BCUT2D eigenvalue weighted by Gasteiger charge is 2.29. The van der Waals surface area contributed by atoms with Crippen molar-refractivity contribution in [2.45, 2.75) is 26.3 Å². The molecular weight excluding hydrogens is 156 g/mol. The predicted molar refractivity (Wildman–Crippen MR) is 44.7 cm³/mol. The summed E-state index contributed by atoms with van der Waals surface area (Å²) < 4.78 is 0. The van der Waals surface area contributed by atoms with Crippen molar-refractivity contribution in [3.63, 3.8) is 0 Å². The van der Waals surface area contributed by atoms with E-state index in [1.807, 2.05) is 0 Å². The molecule has 4 heteroatoms. The van der Waals surface area contributed by atoms with Gasteiger partial charge in [-0.15, -0.1) is 0 Å². The number of hydroxylamine groups is 2. The number of rotatable bonds is 3. The SMILES string of the molecule is CC(C)CNC1CCN(O)C1=O. The fourth-order valence-electron chi connectivity index (χ4n) is 1.23. The monoisotopic (exact) mass is 172 g/mol. The zero-order valence-corrected chi connectivity index (χ0v) is 7.58. The zero-order chi connectivity index (χ0) is 9.14. The van der Waals surface area contributed by atoms with Crippen LogP contribution in [0.2, 0.25) is 0 Å². The molecule has 1 heterocycles. The summed E-state index contributed by atoms with van der Waals surface area (Å²) in [5.41, 5.74) is 0. The van der Waals surface area contributed by atoms with Gasteiger partial charge in [0.1, 0.15) is 0 Å². The molecule has 1 aliphatic heterocycles. The number of nitrogens with zero attached hydrogens (tertiary/aromatic N) is 1. The van der Waals surface area contributed by atoms with Gasteiger partial charge in [0.05, 0.1) is 12.6 Å². The van der Waals surface area contributed by atoms with Crippen LogP contribution in [0.3, 0.4) is 0 Å². The fourth-order valence-corrected chi connectivity index (χ4v) is 1.23. The third kappa shape index (κ3) is 2.19. The van der Waals surface area contributed by atoms with Gasteiger partial charge in [0.15, 0.2) is 0 Å². The molecule has 12 heavy (non-hydrogen) atoms. The first-order valence-corrected chi connectivity index (χ1v) is 4.35. The molecule has 0 radical (unpaired) electrons. The molecule has 1 rings (SSSR count). The van der Waals surface area contributed by atoms with Gasteiger partial charge in [0.2, 0.25) is 0 Å². The molecule has 1 unspecified atom stereocenters. The summed E-state index contributed by atoms with van der Waals surface area (Å²) in [6, 6.07) is -0.169. The number of carbonyl (C=O) groups is 1. The van der Waals surface area contributed by atoms with Gasteiger partial charge in [0.25, 0.3) is 5.91 Å². The van der Waals surface area contributed by atoms with Gasteiger partial charge in [0, 0.05) is 0 Å². The predicted octanol–water partition coefficient (Wildman–Crippen LogP) is 0.222. The molecule has 0 aromatic carbocycles. The molecule has 0 saturated carbocycles. The standard InChI is InChI=1S/C8H16N2O2/c1-6(2)5-9-7-3-4-10(12)8(7)11/h6-7,9,12H,3-5H2,1-2H3. The first-order valence-electron chi connectivity index (χ1n) is 4.35. The zero-order valence-electron chi connectivity index (χ0n) is 7.58. The average Bonchev–Trinajstić information content (AvgIpc) is 2.30. The smallest absolute Gasteiger partial charge is 0.263 e. The molecule has 1 atom stereocenters. The number of hydrogen-bond donors (Lipinski definition) is 2. The van der Waals surface area contributed by atoms with Crippen LogP contribution < -0.4 is 5.32 Å². The minimum atomic E-state index is -0.198. The van der Waals surface area contributed by atoms with Crippen LogP contribution in [0.5, 0.6) is 0 Å². The van der Waals surface area contributed by atoms with E-state index in [-0.39, 0.29) is 11.9 Å². The molecule has 1 aliphatic rings. The van der Waals surface area contributed by atoms with Crippen LogP contribution in [0.1, 0.15) is 20.3 Å². The Labute approximate surface area is 72.5 Å². The Balaban J connectivity index is 2.30. The highest BCUT2D eigenvalue weighted by atomic mass is 16.5. The Morgan fingerprint density at radius 1 is 1.75 bits per heavy atom. The van der Waals surface area contributed by atoms with E-state index in [1.54, 1.807) is 0 Å². The van der Waals surface area contributed by atoms with Crippen molar-refractivity contribution in [3.05, 3.63) is 0 Å². The van der Waals surface area contributed by atoms with Gasteiger partial charge in [-0.05, 0) is 18.9 Å². The maximum Gasteiger partial charge on any atom is 0.263 e. The number of carbonyl (C=O) groups excluding carboxylic acids is 1. The summed E-state index contributed by atoms with van der Waals surface area (Å²) in [6.07, 6.45) is 0.710. The lowest BCUT2D eigenvalue weighted by molar-refractivity contribution is -0.158. The lowest BCUT2D eigenvalue weighted by Crippen LogP contribution is -2.38. The molecule has 0 aromatic heterocycles. The van der Waals surface area contributed by atoms with E-state index in [1.165, 1.54) is 0 Å². The molecule has 70 valence electrons. The molecule has 0 aromatic rings. The van der Waals surface area contributed by atoms with Gasteiger partial charge < -0.3 is 5.32 Å². The molecule has 4 nitrogen and oxygen atoms in total. The van der Waals surface area contributed by atoms with E-state index in [0.29, 0.717) is 18.9 Å². The molecule has 1 fully saturated rings. The van der Waals surface area contributed by atoms with E-state index >= 15 is 0 Å². The lowest BCUT2D eigenvalue weighted by Gasteiger charge is -2.12. The van der Waals surface area contributed by atoms with Gasteiger partial charge in [-0.2, -0.15) is 0 Å². The fraction of sp³-hybridized carbons (Fsp3) is 0.875. The number of amides is 1. The lowest BCUT2D eigenvalue weighted by atomic mass is 10.2. The van der Waals surface area contributed by atoms with Crippen LogP contribution in [-0.2, 0) is 4.79 Å². The van der Waals surface area contributed by atoms with E-state index < -0.39 is 0 Å². The van der Waals surface area contributed by atoms with Gasteiger partial charge in [-0.3, -0.25) is 10.0 Å². The van der Waals surface area contributed by atoms with Crippen molar-refractivity contribution in [2.24, 2.45) is 5.92 Å². The molecule has 1 saturated heterocycles. The minimum Gasteiger partial charge on any atom is -0.305 e. The van der Waals surface area contributed by atoms with E-state index in [2.05, 4.69) is 19.2 Å². The van der Waals surface area contributed by atoms with Gasteiger partial charge in [-0.25, -0.2) is 5.06 Å². The van der Waals surface area contributed by atoms with E-state index in [9.17, 15) is 4.79 Å². The summed E-state index contributed by atoms with van der Waals surface area (Å²) in [5, 5.41) is 12.9. The van der Waals surface area contributed by atoms with Gasteiger partial charge in [-0.1, -0.05) is 13.8 Å². The van der Waals surface area contributed by atoms with Crippen molar-refractivity contribution in [1.29, 1.82) is 0 Å². The molecular formula is C8H16N2O2. The molecule has 0 spiro atoms. The quantitative estimate of drug-likeness (QED) is 0.599. The second-order valence-corrected chi connectivity index (χ2v) is 3.60. The normalized spacial score (nSPS) is 24.2. The van der Waals surface area contributed by atoms with Crippen molar-refractivity contribution < 1.29 is 10.0 Å². The Bertz CT molecular complexity index is 170. The molecule has 0 aliphatic carbocycles. The van der Waals surface area contributed by atoms with Crippen LogP contribution in [0.4, 0.5) is 0 Å². The maximum absolute atomic E-state index is 11.1. The maximum atomic E-state index is 11.1. The first kappa shape index (κ1) is 9.48. The first-order chi connectivity index (χ1) is 5.61. The topological polar surface area (TPSA) is 52.6 Å². The number of nitrogens with one attached hydrogen (secondary N) is 1. The van der Waals surface area contributed by atoms with Crippen molar-refractivity contribution >= 4 is 5.91 Å². The Morgan fingerprint density at radius 2 is 2.42 bits per heavy atom. The molecule has 2 N–H and O–H groups in total. The average molecular weight is 172 g/mol. The largest absolute Gasteiger partial charge is 0.305 e. The van der Waals surface area contributed by atoms with Gasteiger partial charge >= 0.3 is 0 Å². The van der Waals surface area contributed by atoms with Crippen molar-refractivity contribution in [2.75, 3.05) is 13.1 Å². The molecule has 1 amide bonds. The second-order valence-electron chi connectivity index (χ2n) is 3.60. The van der Waals surface area contributed by atoms with Crippen molar-refractivity contribution in [1.82, 2.24) is 10.4 Å². The number of hydrogen-bond acceptors (Lipinski definition) is 3. The Hall–Kier alpha value is -0.610. The highest BCUT2D eigenvalue weighted by molar-refractivity contribution is 5.82. The van der Waals surface area contributed by atoms with Crippen LogP contribution in [0, 0.1) is 5.92 Å². The summed E-state index contributed by atoms with van der Waals surface area (Å²) in [5.74, 6) is 0.334. The summed E-state index contributed by atoms with van der Waals surface area (Å²) in [7, 11) is 0. The summed E-state index contributed by atoms with van der Waals surface area (Å²) in [4.78, 5) is 11.1. The van der Waals surface area contributed by atoms with Crippen LogP contribution >= 0.6 is 0 Å². The van der Waals surface area contributed by atoms with Crippen LogP contribution in [0.25, 0.3) is 0 Å². The minimum absolute atomic E-state index is 0.169. The third-order valence-electron chi connectivity index (χ3n) is 1.95.